The third-order valence-corrected chi connectivity index (χ3v) is 6.88. The first kappa shape index (κ1) is 22.4. The van der Waals surface area contributed by atoms with E-state index in [1.54, 1.807) is 0 Å². The van der Waals surface area contributed by atoms with Gasteiger partial charge < -0.3 is 9.80 Å². The van der Waals surface area contributed by atoms with Crippen LogP contribution in [0.4, 0.5) is 5.82 Å². The minimum absolute atomic E-state index is 0.0859. The molecule has 3 aromatic carbocycles. The van der Waals surface area contributed by atoms with Crippen LogP contribution < -0.4 is 4.90 Å². The Kier molecular flexibility index (Phi) is 6.20. The Morgan fingerprint density at radius 1 is 0.882 bits per heavy atom. The monoisotopic (exact) mass is 470 g/mol. The molecule has 34 heavy (non-hydrogen) atoms. The van der Waals surface area contributed by atoms with Crippen molar-refractivity contribution < 1.29 is 4.79 Å². The number of nitrogens with zero attached hydrogens (tertiary/aromatic N) is 4. The molecule has 5 rings (SSSR count). The minimum Gasteiger partial charge on any atom is -0.353 e. The lowest BCUT2D eigenvalue weighted by Crippen LogP contribution is -2.49. The first-order valence-electron chi connectivity index (χ1n) is 11.6. The number of hydrogen-bond acceptors (Lipinski definition) is 4. The number of amides is 1. The van der Waals surface area contributed by atoms with Gasteiger partial charge >= 0.3 is 0 Å². The molecule has 0 unspecified atom stereocenters. The van der Waals surface area contributed by atoms with Crippen LogP contribution in [0.2, 0.25) is 5.02 Å². The van der Waals surface area contributed by atoms with Gasteiger partial charge in [0.05, 0.1) is 0 Å². The predicted molar refractivity (Wildman–Crippen MR) is 138 cm³/mol. The van der Waals surface area contributed by atoms with E-state index in [0.29, 0.717) is 19.5 Å². The number of fused-ring (bicyclic) bond motifs is 1. The van der Waals surface area contributed by atoms with E-state index in [9.17, 15) is 4.79 Å². The van der Waals surface area contributed by atoms with Gasteiger partial charge in [-0.1, -0.05) is 66.2 Å². The topological polar surface area (TPSA) is 49.3 Å². The highest BCUT2D eigenvalue weighted by Crippen LogP contribution is 2.28. The predicted octanol–water partition coefficient (Wildman–Crippen LogP) is 5.45. The molecule has 1 fully saturated rings. The van der Waals surface area contributed by atoms with Crippen molar-refractivity contribution in [3.05, 3.63) is 100.0 Å². The largest absolute Gasteiger partial charge is 0.353 e. The number of benzene rings is 3. The standard InChI is InChI=1S/C28H27ClN4O/c1-19-25(18-22-9-4-6-13-26(22)29)27(31-20(2)30-19)32-14-16-33(17-15-32)28(34)24-12-7-10-21-8-3-5-11-23(21)24/h3-13H,14-18H2,1-2H3. The van der Waals surface area contributed by atoms with Crippen molar-refractivity contribution >= 4 is 34.1 Å². The molecule has 172 valence electrons. The lowest BCUT2D eigenvalue weighted by molar-refractivity contribution is 0.0748. The van der Waals surface area contributed by atoms with Crippen LogP contribution in [0.1, 0.15) is 33.0 Å². The molecule has 2 heterocycles. The van der Waals surface area contributed by atoms with Gasteiger partial charge in [0.25, 0.3) is 5.91 Å². The van der Waals surface area contributed by atoms with E-state index in [1.165, 1.54) is 0 Å². The van der Waals surface area contributed by atoms with Crippen LogP contribution in [0.15, 0.2) is 66.7 Å². The molecule has 0 N–H and O–H groups in total. The number of carbonyl (C=O) groups is 1. The van der Waals surface area contributed by atoms with Crippen LogP contribution in [0.5, 0.6) is 0 Å². The molecule has 0 aliphatic carbocycles. The molecule has 6 heteroatoms. The van der Waals surface area contributed by atoms with E-state index >= 15 is 0 Å². The first-order chi connectivity index (χ1) is 16.5. The fourth-order valence-electron chi connectivity index (χ4n) is 4.72. The second kappa shape index (κ2) is 9.43. The molecular formula is C28H27ClN4O. The Balaban J connectivity index is 1.37. The number of aryl methyl sites for hydroxylation is 2. The Morgan fingerprint density at radius 2 is 1.59 bits per heavy atom. The van der Waals surface area contributed by atoms with Crippen molar-refractivity contribution in [2.75, 3.05) is 31.1 Å². The van der Waals surface area contributed by atoms with E-state index in [-0.39, 0.29) is 5.91 Å². The molecule has 0 bridgehead atoms. The molecule has 0 atom stereocenters. The average Bonchev–Trinajstić information content (AvgIpc) is 2.86. The van der Waals surface area contributed by atoms with Crippen molar-refractivity contribution in [1.29, 1.82) is 0 Å². The van der Waals surface area contributed by atoms with Crippen molar-refractivity contribution in [2.24, 2.45) is 0 Å². The highest BCUT2D eigenvalue weighted by Gasteiger charge is 2.26. The second-order valence-electron chi connectivity index (χ2n) is 8.73. The molecule has 1 aromatic heterocycles. The van der Waals surface area contributed by atoms with Crippen molar-refractivity contribution in [2.45, 2.75) is 20.3 Å². The maximum absolute atomic E-state index is 13.4. The van der Waals surface area contributed by atoms with Gasteiger partial charge in [0.2, 0.25) is 0 Å². The zero-order valence-electron chi connectivity index (χ0n) is 19.5. The summed E-state index contributed by atoms with van der Waals surface area (Å²) in [6.45, 7) is 6.70. The van der Waals surface area contributed by atoms with E-state index in [4.69, 9.17) is 16.6 Å². The maximum Gasteiger partial charge on any atom is 0.254 e. The summed E-state index contributed by atoms with van der Waals surface area (Å²) in [4.78, 5) is 27.0. The van der Waals surface area contributed by atoms with Gasteiger partial charge in [-0.2, -0.15) is 0 Å². The van der Waals surface area contributed by atoms with Gasteiger partial charge in [-0.05, 0) is 42.3 Å². The van der Waals surface area contributed by atoms with Crippen molar-refractivity contribution in [1.82, 2.24) is 14.9 Å². The third kappa shape index (κ3) is 4.36. The first-order valence-corrected chi connectivity index (χ1v) is 12.0. The van der Waals surface area contributed by atoms with Crippen LogP contribution in [-0.2, 0) is 6.42 Å². The quantitative estimate of drug-likeness (QED) is 0.397. The molecule has 5 nitrogen and oxygen atoms in total. The normalized spacial score (nSPS) is 14.0. The van der Waals surface area contributed by atoms with Gasteiger partial charge in [0.1, 0.15) is 11.6 Å². The Labute approximate surface area is 205 Å². The van der Waals surface area contributed by atoms with E-state index in [1.807, 2.05) is 85.5 Å². The summed E-state index contributed by atoms with van der Waals surface area (Å²) in [6.07, 6.45) is 0.677. The molecule has 0 radical (unpaired) electrons. The molecule has 1 aliphatic heterocycles. The molecule has 4 aromatic rings. The van der Waals surface area contributed by atoms with Crippen LogP contribution >= 0.6 is 11.6 Å². The van der Waals surface area contributed by atoms with Crippen molar-refractivity contribution in [3.8, 4) is 0 Å². The Hall–Kier alpha value is -3.44. The lowest BCUT2D eigenvalue weighted by Gasteiger charge is -2.36. The van der Waals surface area contributed by atoms with Gasteiger partial charge in [0, 0.05) is 54.4 Å². The highest BCUT2D eigenvalue weighted by atomic mass is 35.5. The number of carbonyl (C=O) groups excluding carboxylic acids is 1. The molecule has 1 amide bonds. The fraction of sp³-hybridized carbons (Fsp3) is 0.250. The summed E-state index contributed by atoms with van der Waals surface area (Å²) in [5.41, 5.74) is 3.88. The molecule has 0 spiro atoms. The summed E-state index contributed by atoms with van der Waals surface area (Å²) in [5.74, 6) is 1.79. The molecule has 1 saturated heterocycles. The summed E-state index contributed by atoms with van der Waals surface area (Å²) in [5, 5.41) is 2.84. The van der Waals surface area contributed by atoms with Gasteiger partial charge in [-0.15, -0.1) is 0 Å². The van der Waals surface area contributed by atoms with Crippen LogP contribution in [0.25, 0.3) is 10.8 Å². The van der Waals surface area contributed by atoms with Crippen molar-refractivity contribution in [3.63, 3.8) is 0 Å². The lowest BCUT2D eigenvalue weighted by atomic mass is 10.0. The van der Waals surface area contributed by atoms with E-state index < -0.39 is 0 Å². The third-order valence-electron chi connectivity index (χ3n) is 6.52. The number of piperazine rings is 1. The summed E-state index contributed by atoms with van der Waals surface area (Å²) < 4.78 is 0. The zero-order chi connectivity index (χ0) is 23.7. The number of halogens is 1. The van der Waals surface area contributed by atoms with Crippen LogP contribution in [0, 0.1) is 13.8 Å². The molecule has 0 saturated carbocycles. The summed E-state index contributed by atoms with van der Waals surface area (Å²) in [7, 11) is 0. The molecular weight excluding hydrogens is 444 g/mol. The average molecular weight is 471 g/mol. The SMILES string of the molecule is Cc1nc(C)c(Cc2ccccc2Cl)c(N2CCN(C(=O)c3cccc4ccccc34)CC2)n1. The Morgan fingerprint density at radius 3 is 2.38 bits per heavy atom. The van der Waals surface area contributed by atoms with Crippen LogP contribution in [-0.4, -0.2) is 47.0 Å². The number of aromatic nitrogens is 2. The number of anilines is 1. The maximum atomic E-state index is 13.4. The zero-order valence-corrected chi connectivity index (χ0v) is 20.2. The summed E-state index contributed by atoms with van der Waals surface area (Å²) in [6, 6.07) is 21.9. The minimum atomic E-state index is 0.0859. The van der Waals surface area contributed by atoms with Gasteiger partial charge in [0.15, 0.2) is 0 Å². The van der Waals surface area contributed by atoms with Crippen LogP contribution in [0.3, 0.4) is 0 Å². The number of hydrogen-bond donors (Lipinski definition) is 0. The van der Waals surface area contributed by atoms with E-state index in [2.05, 4.69) is 9.88 Å². The fourth-order valence-corrected chi connectivity index (χ4v) is 4.92. The van der Waals surface area contributed by atoms with E-state index in [0.717, 1.165) is 62.9 Å². The number of rotatable bonds is 4. The van der Waals surface area contributed by atoms with Gasteiger partial charge in [-0.3, -0.25) is 4.79 Å². The summed E-state index contributed by atoms with van der Waals surface area (Å²) >= 11 is 6.45. The molecule has 1 aliphatic rings. The Bertz CT molecular complexity index is 1360. The highest BCUT2D eigenvalue weighted by molar-refractivity contribution is 6.31. The second-order valence-corrected chi connectivity index (χ2v) is 9.14. The smallest absolute Gasteiger partial charge is 0.254 e. The van der Waals surface area contributed by atoms with Gasteiger partial charge in [-0.25, -0.2) is 9.97 Å².